The van der Waals surface area contributed by atoms with E-state index < -0.39 is 12.1 Å². The summed E-state index contributed by atoms with van der Waals surface area (Å²) in [5.74, 6) is -0.0519. The summed E-state index contributed by atoms with van der Waals surface area (Å²) in [5, 5.41) is 0. The minimum atomic E-state index is -0.666. The molecule has 0 aromatic carbocycles. The normalized spacial score (nSPS) is 26.4. The average Bonchev–Trinajstić information content (AvgIpc) is 2.54. The number of hydrogen-bond acceptors (Lipinski definition) is 5. The fourth-order valence-corrected chi connectivity index (χ4v) is 3.18. The molecule has 2 heterocycles. The Balaban J connectivity index is 1.77. The Morgan fingerprint density at radius 3 is 2.43 bits per heavy atom. The van der Waals surface area contributed by atoms with E-state index in [0.717, 1.165) is 39.3 Å². The van der Waals surface area contributed by atoms with E-state index in [-0.39, 0.29) is 13.0 Å². The number of rotatable bonds is 4. The molecule has 1 amide bonds. The second-order valence-corrected chi connectivity index (χ2v) is 6.29. The molecule has 0 saturated carbocycles. The highest BCUT2D eigenvalue weighted by Crippen LogP contribution is 2.17. The second kappa shape index (κ2) is 7.54. The van der Waals surface area contributed by atoms with E-state index in [1.54, 1.807) is 6.92 Å². The van der Waals surface area contributed by atoms with E-state index in [1.807, 2.05) is 4.90 Å². The zero-order valence-electron chi connectivity index (χ0n) is 14.3. The van der Waals surface area contributed by atoms with E-state index in [2.05, 4.69) is 16.8 Å². The van der Waals surface area contributed by atoms with Gasteiger partial charge in [-0.15, -0.1) is 0 Å². The molecule has 6 heteroatoms. The molecule has 2 aliphatic rings. The van der Waals surface area contributed by atoms with Crippen LogP contribution >= 0.6 is 0 Å². The summed E-state index contributed by atoms with van der Waals surface area (Å²) in [6, 6.07) is -0.00655. The van der Waals surface area contributed by atoms with Crippen LogP contribution in [0.3, 0.4) is 0 Å². The van der Waals surface area contributed by atoms with Gasteiger partial charge in [-0.05, 0) is 39.9 Å². The Labute approximate surface area is 129 Å². The number of carbonyl (C=O) groups is 1. The molecule has 2 atom stereocenters. The highest BCUT2D eigenvalue weighted by Gasteiger charge is 2.31. The lowest BCUT2D eigenvalue weighted by atomic mass is 10.0. The smallest absolute Gasteiger partial charge is 0.242 e. The summed E-state index contributed by atoms with van der Waals surface area (Å²) >= 11 is 0. The third-order valence-electron chi connectivity index (χ3n) is 4.88. The maximum absolute atomic E-state index is 12.4. The van der Waals surface area contributed by atoms with Gasteiger partial charge in [0.15, 0.2) is 0 Å². The molecule has 2 N–H and O–H groups in total. The number of piperidine rings is 1. The van der Waals surface area contributed by atoms with Crippen LogP contribution in [0.25, 0.3) is 0 Å². The summed E-state index contributed by atoms with van der Waals surface area (Å²) in [6.07, 6.45) is 2.04. The van der Waals surface area contributed by atoms with Crippen LogP contribution in [0.15, 0.2) is 0 Å². The van der Waals surface area contributed by atoms with Crippen LogP contribution < -0.4 is 5.73 Å². The first-order valence-corrected chi connectivity index (χ1v) is 7.90. The van der Waals surface area contributed by atoms with Gasteiger partial charge in [-0.2, -0.15) is 0 Å². The Kier molecular flexibility index (Phi) is 5.46. The maximum Gasteiger partial charge on any atom is 0.242 e. The lowest BCUT2D eigenvalue weighted by Gasteiger charge is -2.42. The SMILES string of the molecule is [2H]CO[C@@H](C)[C@H](N)C(=O)N1CCN(C2CCN(C)CC2)CC1. The number of nitrogens with zero attached hydrogens (tertiary/aromatic N) is 3. The molecular weight excluding hydrogens is 268 g/mol. The molecule has 2 aliphatic heterocycles. The average molecular weight is 299 g/mol. The number of likely N-dealkylation sites (tertiary alicyclic amines) is 1. The molecule has 0 unspecified atom stereocenters. The molecule has 0 aliphatic carbocycles. The summed E-state index contributed by atoms with van der Waals surface area (Å²) in [4.78, 5) is 19.1. The molecule has 2 saturated heterocycles. The molecule has 0 bridgehead atoms. The maximum atomic E-state index is 12.4. The van der Waals surface area contributed by atoms with Crippen LogP contribution in [0.5, 0.6) is 0 Å². The Morgan fingerprint density at radius 2 is 1.86 bits per heavy atom. The van der Waals surface area contributed by atoms with Crippen molar-refractivity contribution in [1.29, 1.82) is 0 Å². The van der Waals surface area contributed by atoms with Gasteiger partial charge in [0.05, 0.1) is 7.47 Å². The van der Waals surface area contributed by atoms with E-state index in [4.69, 9.17) is 11.8 Å². The van der Waals surface area contributed by atoms with E-state index in [1.165, 1.54) is 12.8 Å². The molecule has 122 valence electrons. The second-order valence-electron chi connectivity index (χ2n) is 6.29. The highest BCUT2D eigenvalue weighted by atomic mass is 16.5. The largest absolute Gasteiger partial charge is 0.380 e. The first-order chi connectivity index (χ1) is 10.5. The van der Waals surface area contributed by atoms with Crippen molar-refractivity contribution in [3.05, 3.63) is 0 Å². The van der Waals surface area contributed by atoms with Crippen molar-refractivity contribution >= 4 is 5.91 Å². The van der Waals surface area contributed by atoms with Gasteiger partial charge in [0.1, 0.15) is 6.04 Å². The predicted octanol–water partition coefficient (Wildman–Crippen LogP) is -0.413. The van der Waals surface area contributed by atoms with Gasteiger partial charge in [-0.3, -0.25) is 9.69 Å². The molecular formula is C15H30N4O2. The van der Waals surface area contributed by atoms with Crippen molar-refractivity contribution in [1.82, 2.24) is 14.7 Å². The highest BCUT2D eigenvalue weighted by molar-refractivity contribution is 5.82. The van der Waals surface area contributed by atoms with Gasteiger partial charge in [0.2, 0.25) is 5.91 Å². The number of methoxy groups -OCH3 is 1. The van der Waals surface area contributed by atoms with Gasteiger partial charge in [0, 0.05) is 39.3 Å². The lowest BCUT2D eigenvalue weighted by Crippen LogP contribution is -2.58. The zero-order valence-corrected chi connectivity index (χ0v) is 13.3. The van der Waals surface area contributed by atoms with E-state index in [9.17, 15) is 4.79 Å². The third kappa shape index (κ3) is 4.16. The number of piperazine rings is 1. The van der Waals surface area contributed by atoms with Crippen LogP contribution in [0.2, 0.25) is 0 Å². The van der Waals surface area contributed by atoms with Crippen molar-refractivity contribution in [3.8, 4) is 0 Å². The number of ether oxygens (including phenoxy) is 1. The summed E-state index contributed by atoms with van der Waals surface area (Å²) in [5.41, 5.74) is 5.95. The quantitative estimate of drug-likeness (QED) is 0.764. The van der Waals surface area contributed by atoms with Gasteiger partial charge in [0.25, 0.3) is 0 Å². The summed E-state index contributed by atoms with van der Waals surface area (Å²) in [7, 11) is 2.01. The van der Waals surface area contributed by atoms with Crippen molar-refractivity contribution in [2.75, 3.05) is 53.4 Å². The number of amides is 1. The van der Waals surface area contributed by atoms with Gasteiger partial charge in [-0.1, -0.05) is 0 Å². The first kappa shape index (κ1) is 15.2. The lowest BCUT2D eigenvalue weighted by molar-refractivity contribution is -0.137. The number of carbonyl (C=O) groups excluding carboxylic acids is 1. The van der Waals surface area contributed by atoms with Gasteiger partial charge >= 0.3 is 0 Å². The van der Waals surface area contributed by atoms with Crippen LogP contribution in [-0.4, -0.2) is 92.2 Å². The summed E-state index contributed by atoms with van der Waals surface area (Å²) < 4.78 is 12.2. The van der Waals surface area contributed by atoms with Crippen molar-refractivity contribution in [2.24, 2.45) is 5.73 Å². The van der Waals surface area contributed by atoms with Crippen LogP contribution in [0.4, 0.5) is 0 Å². The summed E-state index contributed by atoms with van der Waals surface area (Å²) in [6.45, 7) is 7.43. The first-order valence-electron chi connectivity index (χ1n) is 8.61. The molecule has 0 radical (unpaired) electrons. The molecule has 0 spiro atoms. The van der Waals surface area contributed by atoms with Crippen molar-refractivity contribution in [2.45, 2.75) is 38.0 Å². The third-order valence-corrected chi connectivity index (χ3v) is 4.88. The van der Waals surface area contributed by atoms with Gasteiger partial charge < -0.3 is 20.3 Å². The minimum Gasteiger partial charge on any atom is -0.380 e. The Bertz CT molecular complexity index is 355. The number of hydrogen-bond donors (Lipinski definition) is 1. The van der Waals surface area contributed by atoms with Crippen molar-refractivity contribution in [3.63, 3.8) is 0 Å². The molecule has 6 nitrogen and oxygen atoms in total. The van der Waals surface area contributed by atoms with Crippen LogP contribution in [0, 0.1) is 0 Å². The van der Waals surface area contributed by atoms with Crippen molar-refractivity contribution < 1.29 is 10.9 Å². The molecule has 21 heavy (non-hydrogen) atoms. The van der Waals surface area contributed by atoms with E-state index in [0.29, 0.717) is 6.04 Å². The standard InChI is InChI=1S/C15H30N4O2/c1-12(21-3)14(16)15(20)19-10-8-18(9-11-19)13-4-6-17(2)7-5-13/h12-14H,4-11,16H2,1-3H3/t12-,14-/m0/s1/i3D. The monoisotopic (exact) mass is 299 g/mol. The molecule has 2 rings (SSSR count). The Hall–Kier alpha value is -0.690. The zero-order chi connectivity index (χ0) is 16.1. The fraction of sp³-hybridized carbons (Fsp3) is 0.933. The topological polar surface area (TPSA) is 62.0 Å². The van der Waals surface area contributed by atoms with Crippen LogP contribution in [0.1, 0.15) is 21.1 Å². The molecule has 0 aromatic heterocycles. The van der Waals surface area contributed by atoms with E-state index >= 15 is 0 Å². The van der Waals surface area contributed by atoms with Gasteiger partial charge in [-0.25, -0.2) is 0 Å². The minimum absolute atomic E-state index is 0.0519. The predicted molar refractivity (Wildman–Crippen MR) is 83.1 cm³/mol. The molecule has 0 aromatic rings. The van der Waals surface area contributed by atoms with Crippen LogP contribution in [-0.2, 0) is 9.53 Å². The molecule has 2 fully saturated rings. The fourth-order valence-electron chi connectivity index (χ4n) is 3.18. The Morgan fingerprint density at radius 1 is 1.24 bits per heavy atom. The number of nitrogens with two attached hydrogens (primary N) is 1.